The molecule has 5 aromatic rings. The third kappa shape index (κ3) is 8.20. The average molecular weight is 709 g/mol. The van der Waals surface area contributed by atoms with E-state index in [9.17, 15) is 13.6 Å². The molecule has 6 nitrogen and oxygen atoms in total. The maximum absolute atomic E-state index is 14.2. The monoisotopic (exact) mass is 707 g/mol. The Morgan fingerprint density at radius 1 is 0.978 bits per heavy atom. The third-order valence-electron chi connectivity index (χ3n) is 7.36. The first kappa shape index (κ1) is 34.8. The SMILES string of the molecule is CC.CNc1ccc(CN(C(=O)c2ccc3c(Oc4ccc(C(F)(F)P)cc4)cccc3c2)C(C)c2cccc(Br)n2)c(OC)c1. The Morgan fingerprint density at radius 3 is 2.35 bits per heavy atom. The van der Waals surface area contributed by atoms with Crippen LogP contribution in [0.2, 0.25) is 0 Å². The van der Waals surface area contributed by atoms with Crippen molar-refractivity contribution in [3.63, 3.8) is 0 Å². The maximum atomic E-state index is 14.2. The highest BCUT2D eigenvalue weighted by molar-refractivity contribution is 9.10. The molecule has 0 spiro atoms. The van der Waals surface area contributed by atoms with E-state index in [1.54, 1.807) is 24.1 Å². The number of pyridine rings is 1. The molecular weight excluding hydrogens is 671 g/mol. The summed E-state index contributed by atoms with van der Waals surface area (Å²) in [4.78, 5) is 20.6. The van der Waals surface area contributed by atoms with Crippen molar-refractivity contribution in [3.8, 4) is 17.2 Å². The van der Waals surface area contributed by atoms with Crippen LogP contribution in [0.3, 0.4) is 0 Å². The van der Waals surface area contributed by atoms with Crippen molar-refractivity contribution in [1.82, 2.24) is 9.88 Å². The van der Waals surface area contributed by atoms with Gasteiger partial charge in [-0.2, -0.15) is 8.78 Å². The number of carbonyl (C=O) groups is 1. The van der Waals surface area contributed by atoms with Crippen molar-refractivity contribution in [2.75, 3.05) is 19.5 Å². The van der Waals surface area contributed by atoms with E-state index in [2.05, 4.69) is 26.2 Å². The minimum absolute atomic E-state index is 0.122. The van der Waals surface area contributed by atoms with Gasteiger partial charge in [0.15, 0.2) is 0 Å². The van der Waals surface area contributed by atoms with Crippen molar-refractivity contribution < 1.29 is 23.0 Å². The number of rotatable bonds is 10. The quantitative estimate of drug-likeness (QED) is 0.116. The van der Waals surface area contributed by atoms with Crippen molar-refractivity contribution in [2.45, 2.75) is 39.0 Å². The number of carbonyl (C=O) groups excluding carboxylic acids is 1. The van der Waals surface area contributed by atoms with Gasteiger partial charge in [-0.3, -0.25) is 4.79 Å². The van der Waals surface area contributed by atoms with E-state index in [1.165, 1.54) is 33.5 Å². The third-order valence-corrected chi connectivity index (χ3v) is 8.14. The molecule has 4 aromatic carbocycles. The standard InChI is InChI=1S/C34H31BrF2N3O3P.C2H6/c1-21(29-7-5-9-32(35)39-29)40(20-24-10-14-26(38-2)19-31(24)42-3)33(41)23-11-17-28-22(18-23)6-4-8-30(28)43-27-15-12-25(13-16-27)34(36,37)44;1-2/h4-19,21,38H,20,44H2,1-3H3;1-2H3. The lowest BCUT2D eigenvalue weighted by atomic mass is 10.0. The summed E-state index contributed by atoms with van der Waals surface area (Å²) in [6, 6.07) is 27.7. The number of halogens is 3. The number of hydrogen-bond acceptors (Lipinski definition) is 5. The molecule has 2 atom stereocenters. The molecule has 0 fully saturated rings. The topological polar surface area (TPSA) is 63.7 Å². The fourth-order valence-corrected chi connectivity index (χ4v) is 5.48. The molecular formula is C36H37BrF2N3O3P. The van der Waals surface area contributed by atoms with E-state index in [1.807, 2.05) is 88.5 Å². The first-order valence-corrected chi connectivity index (χ1v) is 16.2. The molecule has 46 heavy (non-hydrogen) atoms. The molecule has 240 valence electrons. The first-order chi connectivity index (χ1) is 22.1. The van der Waals surface area contributed by atoms with Crippen molar-refractivity contribution in [3.05, 3.63) is 124 Å². The van der Waals surface area contributed by atoms with E-state index in [0.717, 1.165) is 27.7 Å². The summed E-state index contributed by atoms with van der Waals surface area (Å²) in [5.74, 6) is 1.46. The fraction of sp³-hybridized carbons (Fsp3) is 0.222. The number of alkyl halides is 2. The molecule has 2 unspecified atom stereocenters. The number of nitrogens with one attached hydrogen (secondary N) is 1. The van der Waals surface area contributed by atoms with Crippen LogP contribution in [0.15, 0.2) is 102 Å². The van der Waals surface area contributed by atoms with Gasteiger partial charge < -0.3 is 19.7 Å². The van der Waals surface area contributed by atoms with E-state index in [4.69, 9.17) is 9.47 Å². The summed E-state index contributed by atoms with van der Waals surface area (Å²) in [5.41, 5.74) is -0.154. The highest BCUT2D eigenvalue weighted by Crippen LogP contribution is 2.37. The Hall–Kier alpha value is -4.07. The van der Waals surface area contributed by atoms with Crippen molar-refractivity contribution in [2.24, 2.45) is 0 Å². The molecule has 0 aliphatic rings. The second kappa shape index (κ2) is 15.5. The van der Waals surface area contributed by atoms with E-state index in [0.29, 0.717) is 27.4 Å². The lowest BCUT2D eigenvalue weighted by Gasteiger charge is -2.30. The van der Waals surface area contributed by atoms with E-state index >= 15 is 0 Å². The predicted molar refractivity (Wildman–Crippen MR) is 188 cm³/mol. The van der Waals surface area contributed by atoms with Crippen LogP contribution in [-0.4, -0.2) is 29.9 Å². The van der Waals surface area contributed by atoms with Crippen molar-refractivity contribution >= 4 is 47.5 Å². The van der Waals surface area contributed by atoms with Crippen LogP contribution in [-0.2, 0) is 12.2 Å². The lowest BCUT2D eigenvalue weighted by Crippen LogP contribution is -2.33. The predicted octanol–water partition coefficient (Wildman–Crippen LogP) is 10.2. The number of anilines is 1. The Kier molecular flexibility index (Phi) is 11.7. The van der Waals surface area contributed by atoms with Crippen LogP contribution < -0.4 is 14.8 Å². The molecule has 1 N–H and O–H groups in total. The van der Waals surface area contributed by atoms with Crippen LogP contribution in [0.1, 0.15) is 54.0 Å². The van der Waals surface area contributed by atoms with Crippen LogP contribution >= 0.6 is 25.2 Å². The smallest absolute Gasteiger partial charge is 0.283 e. The molecule has 0 saturated carbocycles. The summed E-state index contributed by atoms with van der Waals surface area (Å²) in [6.07, 6.45) is 0. The summed E-state index contributed by atoms with van der Waals surface area (Å²) >= 11 is 3.45. The summed E-state index contributed by atoms with van der Waals surface area (Å²) < 4.78 is 39.6. The minimum Gasteiger partial charge on any atom is -0.496 e. The van der Waals surface area contributed by atoms with Gasteiger partial charge in [-0.1, -0.05) is 47.4 Å². The zero-order valence-electron chi connectivity index (χ0n) is 26.4. The molecule has 0 bridgehead atoms. The van der Waals surface area contributed by atoms with Gasteiger partial charge in [0.1, 0.15) is 21.9 Å². The maximum Gasteiger partial charge on any atom is 0.283 e. The number of nitrogens with zero attached hydrogens (tertiary/aromatic N) is 2. The summed E-state index contributed by atoms with van der Waals surface area (Å²) in [7, 11) is 4.98. The Balaban J connectivity index is 0.00000235. The Morgan fingerprint density at radius 2 is 1.70 bits per heavy atom. The van der Waals surface area contributed by atoms with Gasteiger partial charge >= 0.3 is 0 Å². The number of benzene rings is 4. The average Bonchev–Trinajstić information content (AvgIpc) is 3.07. The molecule has 0 saturated heterocycles. The summed E-state index contributed by atoms with van der Waals surface area (Å²) in [5, 5.41) is 4.69. The second-order valence-electron chi connectivity index (χ2n) is 10.2. The highest BCUT2D eigenvalue weighted by atomic mass is 79.9. The molecule has 1 amide bonds. The van der Waals surface area contributed by atoms with Gasteiger partial charge in [-0.15, -0.1) is 0 Å². The van der Waals surface area contributed by atoms with Gasteiger partial charge in [0.25, 0.3) is 11.6 Å². The van der Waals surface area contributed by atoms with Crippen LogP contribution in [0.25, 0.3) is 10.8 Å². The van der Waals surface area contributed by atoms with E-state index in [-0.39, 0.29) is 24.1 Å². The molecule has 0 aliphatic heterocycles. The first-order valence-electron chi connectivity index (χ1n) is 14.8. The number of ether oxygens (including phenoxy) is 2. The van der Waals surface area contributed by atoms with Gasteiger partial charge in [0.05, 0.1) is 25.4 Å². The van der Waals surface area contributed by atoms with Gasteiger partial charge in [-0.25, -0.2) is 4.98 Å². The van der Waals surface area contributed by atoms with Gasteiger partial charge in [0, 0.05) is 40.9 Å². The Bertz CT molecular complexity index is 1800. The van der Waals surface area contributed by atoms with Crippen LogP contribution in [0.5, 0.6) is 17.2 Å². The van der Waals surface area contributed by atoms with Crippen LogP contribution in [0, 0.1) is 0 Å². The van der Waals surface area contributed by atoms with Crippen molar-refractivity contribution in [1.29, 1.82) is 0 Å². The molecule has 10 heteroatoms. The summed E-state index contributed by atoms with van der Waals surface area (Å²) in [6.45, 7) is 6.24. The number of fused-ring (bicyclic) bond motifs is 1. The molecule has 1 heterocycles. The van der Waals surface area contributed by atoms with E-state index < -0.39 is 5.66 Å². The zero-order chi connectivity index (χ0) is 33.4. The Labute approximate surface area is 279 Å². The fourth-order valence-electron chi connectivity index (χ4n) is 4.93. The number of aromatic nitrogens is 1. The molecule has 0 radical (unpaired) electrons. The lowest BCUT2D eigenvalue weighted by molar-refractivity contribution is 0.0669. The zero-order valence-corrected chi connectivity index (χ0v) is 29.1. The molecule has 0 aliphatic carbocycles. The molecule has 1 aromatic heterocycles. The molecule has 5 rings (SSSR count). The number of amides is 1. The van der Waals surface area contributed by atoms with Gasteiger partial charge in [0.2, 0.25) is 0 Å². The second-order valence-corrected chi connectivity index (χ2v) is 11.7. The van der Waals surface area contributed by atoms with Gasteiger partial charge in [-0.05, 0) is 95.0 Å². The van der Waals surface area contributed by atoms with Crippen LogP contribution in [0.4, 0.5) is 14.5 Å². The highest BCUT2D eigenvalue weighted by Gasteiger charge is 2.26. The largest absolute Gasteiger partial charge is 0.496 e. The number of hydrogen-bond donors (Lipinski definition) is 1. The normalized spacial score (nSPS) is 11.7. The minimum atomic E-state index is -3.01. The number of methoxy groups -OCH3 is 1.